The average molecular weight is 497 g/mol. The van der Waals surface area contributed by atoms with Crippen LogP contribution in [-0.2, 0) is 20.6 Å². The molecule has 3 heterocycles. The van der Waals surface area contributed by atoms with Crippen molar-refractivity contribution in [3.8, 4) is 5.75 Å². The highest BCUT2D eigenvalue weighted by molar-refractivity contribution is 6.25. The van der Waals surface area contributed by atoms with Crippen LogP contribution >= 0.6 is 0 Å². The molecule has 0 radical (unpaired) electrons. The Morgan fingerprint density at radius 1 is 0.972 bits per heavy atom. The van der Waals surface area contributed by atoms with E-state index in [0.717, 1.165) is 12.1 Å². The summed E-state index contributed by atoms with van der Waals surface area (Å²) in [6.07, 6.45) is -0.225. The number of alkyl halides is 3. The average Bonchev–Trinajstić information content (AvgIpc) is 3.31. The molecule has 184 valence electrons. The number of hydrogen-bond acceptors (Lipinski definition) is 7. The second kappa shape index (κ2) is 8.43. The van der Waals surface area contributed by atoms with E-state index in [1.54, 1.807) is 12.2 Å². The van der Waals surface area contributed by atoms with Gasteiger partial charge in [-0.2, -0.15) is 18.3 Å². The predicted octanol–water partition coefficient (Wildman–Crippen LogP) is 3.23. The van der Waals surface area contributed by atoms with Crippen LogP contribution in [0.5, 0.6) is 5.75 Å². The van der Waals surface area contributed by atoms with E-state index in [1.165, 1.54) is 54.5 Å². The lowest BCUT2D eigenvalue weighted by Gasteiger charge is -2.30. The highest BCUT2D eigenvalue weighted by atomic mass is 19.4. The van der Waals surface area contributed by atoms with Crippen LogP contribution in [0.4, 0.5) is 18.9 Å². The lowest BCUT2D eigenvalue weighted by molar-refractivity contribution is -0.137. The number of allylic oxidation sites excluding steroid dienone is 1. The number of carbonyl (C=O) groups excluding carboxylic acids is 4. The summed E-state index contributed by atoms with van der Waals surface area (Å²) in [6, 6.07) is 7.97. The normalized spacial score (nSPS) is 24.7. The molecule has 0 saturated carbocycles. The number of hydrazone groups is 1. The Kier molecular flexibility index (Phi) is 5.50. The van der Waals surface area contributed by atoms with Gasteiger partial charge in [0.05, 0.1) is 29.1 Å². The summed E-state index contributed by atoms with van der Waals surface area (Å²) in [6.45, 7) is 1.23. The molecule has 2 amide bonds. The van der Waals surface area contributed by atoms with E-state index >= 15 is 0 Å². The molecule has 0 bridgehead atoms. The number of Topliss-reactive ketones (excluding diaryl/α,β-unsaturated/α-hetero) is 1. The highest BCUT2D eigenvalue weighted by Crippen LogP contribution is 2.48. The molecule has 0 N–H and O–H groups in total. The minimum atomic E-state index is -4.80. The molecule has 0 unspecified atom stereocenters. The largest absolute Gasteiger partial charge is 0.427 e. The number of hydrogen-bond donors (Lipinski definition) is 0. The maximum Gasteiger partial charge on any atom is 0.418 e. The molecule has 11 heteroatoms. The number of imide groups is 1. The van der Waals surface area contributed by atoms with Gasteiger partial charge in [0.25, 0.3) is 0 Å². The molecule has 0 spiro atoms. The molecule has 3 aliphatic rings. The second-order valence-electron chi connectivity index (χ2n) is 8.53. The Bertz CT molecular complexity index is 1340. The second-order valence-corrected chi connectivity index (χ2v) is 8.53. The predicted molar refractivity (Wildman–Crippen MR) is 120 cm³/mol. The number of esters is 1. The van der Waals surface area contributed by atoms with Crippen molar-refractivity contribution in [3.63, 3.8) is 0 Å². The van der Waals surface area contributed by atoms with Gasteiger partial charge in [-0.25, -0.2) is 4.90 Å². The Morgan fingerprint density at radius 2 is 1.64 bits per heavy atom. The number of rotatable bonds is 4. The molecule has 0 aromatic heterocycles. The number of ketones is 1. The fraction of sp³-hybridized carbons (Fsp3) is 0.240. The van der Waals surface area contributed by atoms with Gasteiger partial charge in [-0.3, -0.25) is 24.2 Å². The number of amides is 2. The maximum atomic E-state index is 13.7. The van der Waals surface area contributed by atoms with E-state index < -0.39 is 64.9 Å². The van der Waals surface area contributed by atoms with E-state index in [1.807, 2.05) is 0 Å². The summed E-state index contributed by atoms with van der Waals surface area (Å²) in [5.74, 6) is -4.93. The quantitative estimate of drug-likeness (QED) is 0.279. The lowest BCUT2D eigenvalue weighted by Crippen LogP contribution is -2.46. The van der Waals surface area contributed by atoms with E-state index in [0.29, 0.717) is 4.90 Å². The van der Waals surface area contributed by atoms with Gasteiger partial charge in [-0.1, -0.05) is 18.2 Å². The van der Waals surface area contributed by atoms with Crippen LogP contribution in [0, 0.1) is 11.8 Å². The molecule has 2 fully saturated rings. The Balaban J connectivity index is 1.55. The third-order valence-corrected chi connectivity index (χ3v) is 6.41. The number of nitrogens with zero attached hydrogens (tertiary/aromatic N) is 3. The van der Waals surface area contributed by atoms with Crippen LogP contribution in [0.15, 0.2) is 65.8 Å². The maximum absolute atomic E-state index is 13.7. The van der Waals surface area contributed by atoms with Gasteiger partial charge in [0.2, 0.25) is 11.8 Å². The number of para-hydroxylation sites is 1. The van der Waals surface area contributed by atoms with Crippen LogP contribution in [0.1, 0.15) is 22.8 Å². The van der Waals surface area contributed by atoms with E-state index in [-0.39, 0.29) is 11.3 Å². The first-order valence-corrected chi connectivity index (χ1v) is 11.0. The van der Waals surface area contributed by atoms with Gasteiger partial charge in [0.15, 0.2) is 5.78 Å². The van der Waals surface area contributed by atoms with Gasteiger partial charge in [0, 0.05) is 18.7 Å². The van der Waals surface area contributed by atoms with Crippen LogP contribution in [0.25, 0.3) is 0 Å². The van der Waals surface area contributed by atoms with Crippen molar-refractivity contribution in [3.05, 3.63) is 71.8 Å². The van der Waals surface area contributed by atoms with Crippen molar-refractivity contribution in [2.24, 2.45) is 16.9 Å². The highest BCUT2D eigenvalue weighted by Gasteiger charge is 2.64. The summed E-state index contributed by atoms with van der Waals surface area (Å²) < 4.78 is 46.0. The SMILES string of the molecule is CC(=O)Oc1ccc(C(=O)[C@H]2[C@H]3C(=O)N(c4ccccc4C(F)(F)F)C(=O)[C@H]3[C@@H]3C=CC=NN32)cc1. The Labute approximate surface area is 202 Å². The third-order valence-electron chi connectivity index (χ3n) is 6.41. The molecule has 36 heavy (non-hydrogen) atoms. The molecular formula is C25H18F3N3O5. The number of carbonyl (C=O) groups is 4. The molecule has 8 nitrogen and oxygen atoms in total. The fourth-order valence-electron chi connectivity index (χ4n) is 5.01. The van der Waals surface area contributed by atoms with Gasteiger partial charge in [-0.15, -0.1) is 0 Å². The number of halogens is 3. The zero-order chi connectivity index (χ0) is 25.8. The monoisotopic (exact) mass is 497 g/mol. The van der Waals surface area contributed by atoms with Gasteiger partial charge in [0.1, 0.15) is 11.8 Å². The van der Waals surface area contributed by atoms with Gasteiger partial charge in [-0.05, 0) is 42.5 Å². The molecule has 4 atom stereocenters. The molecule has 2 aromatic carbocycles. The topological polar surface area (TPSA) is 96.3 Å². The van der Waals surface area contributed by atoms with Crippen LogP contribution in [0.2, 0.25) is 0 Å². The number of ether oxygens (including phenoxy) is 1. The zero-order valence-electron chi connectivity index (χ0n) is 18.7. The van der Waals surface area contributed by atoms with Crippen LogP contribution < -0.4 is 9.64 Å². The van der Waals surface area contributed by atoms with Crippen molar-refractivity contribution < 1.29 is 37.1 Å². The van der Waals surface area contributed by atoms with Crippen molar-refractivity contribution in [1.29, 1.82) is 0 Å². The van der Waals surface area contributed by atoms with Crippen LogP contribution in [-0.4, -0.2) is 46.9 Å². The smallest absolute Gasteiger partial charge is 0.418 e. The van der Waals surface area contributed by atoms with E-state index in [4.69, 9.17) is 4.74 Å². The van der Waals surface area contributed by atoms with Crippen molar-refractivity contribution in [2.75, 3.05) is 4.90 Å². The van der Waals surface area contributed by atoms with E-state index in [2.05, 4.69) is 5.10 Å². The summed E-state index contributed by atoms with van der Waals surface area (Å²) in [4.78, 5) is 52.3. The summed E-state index contributed by atoms with van der Waals surface area (Å²) >= 11 is 0. The summed E-state index contributed by atoms with van der Waals surface area (Å²) in [5, 5.41) is 5.57. The standard InChI is InChI=1S/C25H18F3N3O5/c1-13(32)36-15-10-8-14(9-11-15)22(33)21-20-19(18-7-4-12-29-31(18)21)23(34)30(24(20)35)17-6-3-2-5-16(17)25(26,27)28/h2-12,18-21H,1H3/t18-,19-,20-,21+/m0/s1. The van der Waals surface area contributed by atoms with Crippen LogP contribution in [0.3, 0.4) is 0 Å². The minimum Gasteiger partial charge on any atom is -0.427 e. The van der Waals surface area contributed by atoms with Crippen molar-refractivity contribution in [1.82, 2.24) is 5.01 Å². The van der Waals surface area contributed by atoms with Crippen molar-refractivity contribution >= 4 is 35.5 Å². The van der Waals surface area contributed by atoms with Crippen molar-refractivity contribution in [2.45, 2.75) is 25.2 Å². The van der Waals surface area contributed by atoms with Gasteiger partial charge < -0.3 is 4.74 Å². The molecule has 5 rings (SSSR count). The zero-order valence-corrected chi connectivity index (χ0v) is 18.7. The first-order valence-electron chi connectivity index (χ1n) is 11.0. The Hall–Kier alpha value is -4.28. The molecule has 2 aromatic rings. The molecular weight excluding hydrogens is 479 g/mol. The third kappa shape index (κ3) is 3.67. The minimum absolute atomic E-state index is 0.162. The molecule has 3 aliphatic heterocycles. The number of fused-ring (bicyclic) bond motifs is 3. The summed E-state index contributed by atoms with van der Waals surface area (Å²) in [7, 11) is 0. The summed E-state index contributed by atoms with van der Waals surface area (Å²) in [5.41, 5.74) is -1.53. The Morgan fingerprint density at radius 3 is 2.31 bits per heavy atom. The molecule has 0 aliphatic carbocycles. The fourth-order valence-corrected chi connectivity index (χ4v) is 5.01. The first-order chi connectivity index (χ1) is 17.1. The number of benzene rings is 2. The van der Waals surface area contributed by atoms with E-state index in [9.17, 15) is 32.3 Å². The first kappa shape index (κ1) is 23.5. The number of anilines is 1. The molecule has 2 saturated heterocycles. The van der Waals surface area contributed by atoms with Gasteiger partial charge >= 0.3 is 12.1 Å². The lowest BCUT2D eigenvalue weighted by atomic mass is 9.86.